The van der Waals surface area contributed by atoms with E-state index in [1.165, 1.54) is 12.1 Å². The largest absolute Gasteiger partial charge is 0.399 e. The van der Waals surface area contributed by atoms with Crippen molar-refractivity contribution in [2.45, 2.75) is 17.9 Å². The SMILES string of the molecule is C[C@@H](NS(=O)(=O)c1cccc(N)c1)c1ccccc1. The maximum atomic E-state index is 12.2. The highest BCUT2D eigenvalue weighted by Gasteiger charge is 2.18. The van der Waals surface area contributed by atoms with Gasteiger partial charge in [0.2, 0.25) is 10.0 Å². The molecule has 0 aliphatic carbocycles. The average molecular weight is 276 g/mol. The molecular weight excluding hydrogens is 260 g/mol. The Morgan fingerprint density at radius 2 is 1.74 bits per heavy atom. The van der Waals surface area contributed by atoms with Crippen LogP contribution in [0.2, 0.25) is 0 Å². The van der Waals surface area contributed by atoms with Gasteiger partial charge in [-0.05, 0) is 30.7 Å². The maximum absolute atomic E-state index is 12.2. The third kappa shape index (κ3) is 3.33. The molecule has 2 rings (SSSR count). The van der Waals surface area contributed by atoms with Crippen LogP contribution >= 0.6 is 0 Å². The molecule has 2 aromatic rings. The number of benzene rings is 2. The number of nitrogens with two attached hydrogens (primary N) is 1. The molecule has 0 saturated heterocycles. The van der Waals surface area contributed by atoms with Gasteiger partial charge >= 0.3 is 0 Å². The van der Waals surface area contributed by atoms with E-state index in [1.54, 1.807) is 19.1 Å². The third-order valence-corrected chi connectivity index (χ3v) is 4.34. The number of sulfonamides is 1. The minimum Gasteiger partial charge on any atom is -0.399 e. The fourth-order valence-corrected chi connectivity index (χ4v) is 3.08. The number of hydrogen-bond acceptors (Lipinski definition) is 3. The Hall–Kier alpha value is -1.85. The van der Waals surface area contributed by atoms with E-state index in [-0.39, 0.29) is 10.9 Å². The van der Waals surface area contributed by atoms with Gasteiger partial charge in [0.05, 0.1) is 4.90 Å². The number of nitrogens with one attached hydrogen (secondary N) is 1. The quantitative estimate of drug-likeness (QED) is 0.842. The van der Waals surface area contributed by atoms with E-state index in [1.807, 2.05) is 30.3 Å². The molecule has 0 aliphatic heterocycles. The van der Waals surface area contributed by atoms with Crippen molar-refractivity contribution in [2.75, 3.05) is 5.73 Å². The van der Waals surface area contributed by atoms with E-state index in [2.05, 4.69) is 4.72 Å². The highest BCUT2D eigenvalue weighted by Crippen LogP contribution is 2.18. The summed E-state index contributed by atoms with van der Waals surface area (Å²) >= 11 is 0. The second-order valence-electron chi connectivity index (χ2n) is 4.33. The first-order valence-electron chi connectivity index (χ1n) is 5.92. The second-order valence-corrected chi connectivity index (χ2v) is 6.04. The van der Waals surface area contributed by atoms with Gasteiger partial charge < -0.3 is 5.73 Å². The first kappa shape index (κ1) is 13.6. The zero-order chi connectivity index (χ0) is 13.9. The van der Waals surface area contributed by atoms with Crippen LogP contribution in [0.3, 0.4) is 0 Å². The molecule has 1 atom stereocenters. The van der Waals surface area contributed by atoms with Crippen LogP contribution in [-0.2, 0) is 10.0 Å². The van der Waals surface area contributed by atoms with Crippen LogP contribution in [0.5, 0.6) is 0 Å². The van der Waals surface area contributed by atoms with Crippen LogP contribution < -0.4 is 10.5 Å². The predicted molar refractivity (Wildman–Crippen MR) is 76.0 cm³/mol. The smallest absolute Gasteiger partial charge is 0.241 e. The lowest BCUT2D eigenvalue weighted by molar-refractivity contribution is 0.567. The molecule has 100 valence electrons. The van der Waals surface area contributed by atoms with Crippen molar-refractivity contribution in [1.82, 2.24) is 4.72 Å². The van der Waals surface area contributed by atoms with Crippen molar-refractivity contribution in [3.05, 3.63) is 60.2 Å². The summed E-state index contributed by atoms with van der Waals surface area (Å²) in [4.78, 5) is 0.176. The summed E-state index contributed by atoms with van der Waals surface area (Å²) < 4.78 is 27.0. The van der Waals surface area contributed by atoms with Crippen LogP contribution in [0, 0.1) is 0 Å². The second kappa shape index (κ2) is 5.42. The number of rotatable bonds is 4. The Morgan fingerprint density at radius 1 is 1.05 bits per heavy atom. The van der Waals surface area contributed by atoms with Crippen molar-refractivity contribution in [3.63, 3.8) is 0 Å². The van der Waals surface area contributed by atoms with Crippen LogP contribution in [0.1, 0.15) is 18.5 Å². The van der Waals surface area contributed by atoms with Crippen molar-refractivity contribution in [3.8, 4) is 0 Å². The fraction of sp³-hybridized carbons (Fsp3) is 0.143. The topological polar surface area (TPSA) is 72.2 Å². The maximum Gasteiger partial charge on any atom is 0.241 e. The molecule has 2 aromatic carbocycles. The van der Waals surface area contributed by atoms with Gasteiger partial charge in [-0.1, -0.05) is 36.4 Å². The fourth-order valence-electron chi connectivity index (χ4n) is 1.79. The lowest BCUT2D eigenvalue weighted by atomic mass is 10.1. The highest BCUT2D eigenvalue weighted by atomic mass is 32.2. The van der Waals surface area contributed by atoms with E-state index in [0.717, 1.165) is 5.56 Å². The molecule has 0 spiro atoms. The van der Waals surface area contributed by atoms with Gasteiger partial charge in [-0.15, -0.1) is 0 Å². The molecule has 5 heteroatoms. The predicted octanol–water partition coefficient (Wildman–Crippen LogP) is 2.31. The van der Waals surface area contributed by atoms with Crippen LogP contribution in [0.15, 0.2) is 59.5 Å². The molecule has 0 radical (unpaired) electrons. The van der Waals surface area contributed by atoms with E-state index in [0.29, 0.717) is 5.69 Å². The third-order valence-electron chi connectivity index (χ3n) is 2.80. The van der Waals surface area contributed by atoms with Gasteiger partial charge in [-0.3, -0.25) is 0 Å². The van der Waals surface area contributed by atoms with Crippen LogP contribution in [0.25, 0.3) is 0 Å². The molecule has 0 bridgehead atoms. The van der Waals surface area contributed by atoms with Gasteiger partial charge in [-0.25, -0.2) is 13.1 Å². The molecule has 0 heterocycles. The molecule has 19 heavy (non-hydrogen) atoms. The molecule has 3 N–H and O–H groups in total. The van der Waals surface area contributed by atoms with E-state index >= 15 is 0 Å². The van der Waals surface area contributed by atoms with E-state index < -0.39 is 10.0 Å². The Kier molecular flexibility index (Phi) is 3.87. The molecule has 0 fully saturated rings. The minimum atomic E-state index is -3.56. The minimum absolute atomic E-state index is 0.176. The van der Waals surface area contributed by atoms with E-state index in [4.69, 9.17) is 5.73 Å². The van der Waals surface area contributed by atoms with Gasteiger partial charge in [0.25, 0.3) is 0 Å². The first-order chi connectivity index (χ1) is 8.99. The molecular formula is C14H16N2O2S. The van der Waals surface area contributed by atoms with Gasteiger partial charge in [-0.2, -0.15) is 0 Å². The molecule has 0 unspecified atom stereocenters. The Labute approximate surface area is 113 Å². The van der Waals surface area contributed by atoms with Crippen molar-refractivity contribution < 1.29 is 8.42 Å². The molecule has 0 saturated carbocycles. The number of nitrogen functional groups attached to an aromatic ring is 1. The van der Waals surface area contributed by atoms with Crippen LogP contribution in [0.4, 0.5) is 5.69 Å². The van der Waals surface area contributed by atoms with Gasteiger partial charge in [0.1, 0.15) is 0 Å². The lowest BCUT2D eigenvalue weighted by Crippen LogP contribution is -2.26. The standard InChI is InChI=1S/C14H16N2O2S/c1-11(12-6-3-2-4-7-12)16-19(17,18)14-9-5-8-13(15)10-14/h2-11,16H,15H2,1H3/t11-/m1/s1. The summed E-state index contributed by atoms with van der Waals surface area (Å²) in [6, 6.07) is 15.4. The summed E-state index contributed by atoms with van der Waals surface area (Å²) in [7, 11) is -3.56. The summed E-state index contributed by atoms with van der Waals surface area (Å²) in [5, 5.41) is 0. The average Bonchev–Trinajstić information content (AvgIpc) is 2.39. The van der Waals surface area contributed by atoms with Crippen molar-refractivity contribution in [2.24, 2.45) is 0 Å². The Bertz CT molecular complexity index is 654. The lowest BCUT2D eigenvalue weighted by Gasteiger charge is -2.14. The van der Waals surface area contributed by atoms with Gasteiger partial charge in [0, 0.05) is 11.7 Å². The normalized spacial score (nSPS) is 13.1. The summed E-state index contributed by atoms with van der Waals surface area (Å²) in [6.45, 7) is 1.80. The monoisotopic (exact) mass is 276 g/mol. The van der Waals surface area contributed by atoms with E-state index in [9.17, 15) is 8.42 Å². The highest BCUT2D eigenvalue weighted by molar-refractivity contribution is 7.89. The van der Waals surface area contributed by atoms with Gasteiger partial charge in [0.15, 0.2) is 0 Å². The zero-order valence-electron chi connectivity index (χ0n) is 10.6. The summed E-state index contributed by atoms with van der Waals surface area (Å²) in [6.07, 6.45) is 0. The summed E-state index contributed by atoms with van der Waals surface area (Å²) in [5.74, 6) is 0. The summed E-state index contributed by atoms with van der Waals surface area (Å²) in [5.41, 5.74) is 6.94. The zero-order valence-corrected chi connectivity index (χ0v) is 11.4. The Morgan fingerprint density at radius 3 is 2.37 bits per heavy atom. The first-order valence-corrected chi connectivity index (χ1v) is 7.40. The number of hydrogen-bond donors (Lipinski definition) is 2. The van der Waals surface area contributed by atoms with Crippen LogP contribution in [-0.4, -0.2) is 8.42 Å². The molecule has 0 amide bonds. The molecule has 0 aromatic heterocycles. The van der Waals surface area contributed by atoms with Crippen molar-refractivity contribution in [1.29, 1.82) is 0 Å². The molecule has 4 nitrogen and oxygen atoms in total. The molecule has 0 aliphatic rings. The number of anilines is 1. The Balaban J connectivity index is 2.23. The van der Waals surface area contributed by atoms with Crippen molar-refractivity contribution >= 4 is 15.7 Å².